The first kappa shape index (κ1) is 16.9. The van der Waals surface area contributed by atoms with Crippen LogP contribution in [0.4, 0.5) is 0 Å². The highest BCUT2D eigenvalue weighted by Crippen LogP contribution is 2.54. The van der Waals surface area contributed by atoms with E-state index >= 15 is 0 Å². The fourth-order valence-electron chi connectivity index (χ4n) is 4.52. The van der Waals surface area contributed by atoms with Gasteiger partial charge in [-0.05, 0) is 50.9 Å². The van der Waals surface area contributed by atoms with E-state index in [1.54, 1.807) is 21.1 Å². The van der Waals surface area contributed by atoms with Crippen molar-refractivity contribution < 1.29 is 19.0 Å². The molecule has 1 saturated carbocycles. The number of carbonyl (C=O) groups excluding carboxylic acids is 1. The lowest BCUT2D eigenvalue weighted by atomic mass is 9.61. The molecule has 0 aromatic rings. The Kier molecular flexibility index (Phi) is 5.11. The van der Waals surface area contributed by atoms with Gasteiger partial charge in [-0.25, -0.2) is 0 Å². The number of hydrogen-bond donors (Lipinski definition) is 0. The van der Waals surface area contributed by atoms with Crippen molar-refractivity contribution in [3.8, 4) is 0 Å². The molecule has 0 aromatic heterocycles. The van der Waals surface area contributed by atoms with Gasteiger partial charge in [0.2, 0.25) is 0 Å². The van der Waals surface area contributed by atoms with E-state index in [9.17, 15) is 4.79 Å². The highest BCUT2D eigenvalue weighted by atomic mass is 16.7. The third-order valence-electron chi connectivity index (χ3n) is 5.69. The minimum atomic E-state index is -0.261. The number of fused-ring (bicyclic) bond motifs is 1. The summed E-state index contributed by atoms with van der Waals surface area (Å²) in [6.07, 6.45) is 2.42. The van der Waals surface area contributed by atoms with Crippen LogP contribution in [0, 0.1) is 23.7 Å². The summed E-state index contributed by atoms with van der Waals surface area (Å²) >= 11 is 0. The molecule has 4 heteroatoms. The van der Waals surface area contributed by atoms with Crippen LogP contribution in [0.15, 0.2) is 0 Å². The molecule has 1 saturated heterocycles. The fourth-order valence-corrected chi connectivity index (χ4v) is 4.52. The Bertz CT molecular complexity index is 377. The summed E-state index contributed by atoms with van der Waals surface area (Å²) in [5.41, 5.74) is -0.221. The average Bonchev–Trinajstić information content (AvgIpc) is 2.77. The lowest BCUT2D eigenvalue weighted by Gasteiger charge is -2.48. The van der Waals surface area contributed by atoms with Crippen molar-refractivity contribution in [1.82, 2.24) is 0 Å². The summed E-state index contributed by atoms with van der Waals surface area (Å²) in [5, 5.41) is 0. The lowest BCUT2D eigenvalue weighted by Crippen LogP contribution is -2.50. The minimum Gasteiger partial charge on any atom is -0.364 e. The highest BCUT2D eigenvalue weighted by Gasteiger charge is 2.56. The van der Waals surface area contributed by atoms with Crippen molar-refractivity contribution in [3.05, 3.63) is 0 Å². The molecule has 1 aliphatic heterocycles. The van der Waals surface area contributed by atoms with Gasteiger partial charge in [0.05, 0.1) is 5.60 Å². The first-order valence-electron chi connectivity index (χ1n) is 8.08. The first-order valence-corrected chi connectivity index (χ1v) is 8.08. The van der Waals surface area contributed by atoms with Gasteiger partial charge < -0.3 is 14.2 Å². The average molecular weight is 298 g/mol. The predicted octanol–water partition coefficient (Wildman–Crippen LogP) is 3.04. The number of ketones is 1. The molecule has 0 spiro atoms. The Hall–Kier alpha value is -0.450. The Morgan fingerprint density at radius 3 is 2.38 bits per heavy atom. The van der Waals surface area contributed by atoms with E-state index < -0.39 is 0 Å². The topological polar surface area (TPSA) is 44.8 Å². The van der Waals surface area contributed by atoms with Crippen LogP contribution in [0.2, 0.25) is 0 Å². The molecular formula is C17H30O4. The molecule has 0 aromatic carbocycles. The second-order valence-electron chi connectivity index (χ2n) is 7.24. The number of carbonyl (C=O) groups is 1. The molecule has 0 amide bonds. The maximum absolute atomic E-state index is 11.8. The van der Waals surface area contributed by atoms with Gasteiger partial charge in [0, 0.05) is 20.1 Å². The summed E-state index contributed by atoms with van der Waals surface area (Å²) in [6.45, 7) is 8.32. The molecule has 21 heavy (non-hydrogen) atoms. The van der Waals surface area contributed by atoms with Gasteiger partial charge in [-0.3, -0.25) is 4.79 Å². The first-order chi connectivity index (χ1) is 9.84. The van der Waals surface area contributed by atoms with Gasteiger partial charge in [-0.15, -0.1) is 0 Å². The number of ether oxygens (including phenoxy) is 3. The Labute approximate surface area is 128 Å². The molecular weight excluding hydrogens is 268 g/mol. The molecule has 0 unspecified atom stereocenters. The number of methoxy groups -OCH3 is 2. The van der Waals surface area contributed by atoms with Crippen LogP contribution in [0.5, 0.6) is 0 Å². The van der Waals surface area contributed by atoms with Crippen LogP contribution in [-0.2, 0) is 19.0 Å². The fraction of sp³-hybridized carbons (Fsp3) is 0.941. The molecule has 1 heterocycles. The van der Waals surface area contributed by atoms with Crippen LogP contribution in [-0.4, -0.2) is 38.0 Å². The molecule has 122 valence electrons. The minimum absolute atomic E-state index is 0.136. The summed E-state index contributed by atoms with van der Waals surface area (Å²) in [6, 6.07) is 0. The lowest BCUT2D eigenvalue weighted by molar-refractivity contribution is -0.199. The molecule has 2 aliphatic rings. The molecule has 4 nitrogen and oxygen atoms in total. The molecule has 5 atom stereocenters. The largest absolute Gasteiger partial charge is 0.364 e. The van der Waals surface area contributed by atoms with Crippen molar-refractivity contribution in [2.75, 3.05) is 14.2 Å². The zero-order valence-electron chi connectivity index (χ0n) is 14.2. The highest BCUT2D eigenvalue weighted by molar-refractivity contribution is 5.80. The Morgan fingerprint density at radius 2 is 1.90 bits per heavy atom. The molecule has 2 rings (SSSR count). The summed E-state index contributed by atoms with van der Waals surface area (Å²) in [4.78, 5) is 11.8. The van der Waals surface area contributed by atoms with Crippen molar-refractivity contribution in [3.63, 3.8) is 0 Å². The quantitative estimate of drug-likeness (QED) is 0.732. The summed E-state index contributed by atoms with van der Waals surface area (Å²) in [5.74, 6) is 1.85. The second kappa shape index (κ2) is 6.35. The Balaban J connectivity index is 2.31. The second-order valence-corrected chi connectivity index (χ2v) is 7.24. The zero-order valence-corrected chi connectivity index (χ0v) is 14.2. The van der Waals surface area contributed by atoms with Crippen molar-refractivity contribution in [1.29, 1.82) is 0 Å². The van der Waals surface area contributed by atoms with Crippen LogP contribution >= 0.6 is 0 Å². The van der Waals surface area contributed by atoms with E-state index in [2.05, 4.69) is 20.8 Å². The van der Waals surface area contributed by atoms with Crippen molar-refractivity contribution in [2.45, 2.75) is 65.0 Å². The third-order valence-corrected chi connectivity index (χ3v) is 5.69. The van der Waals surface area contributed by atoms with Crippen LogP contribution in [0.3, 0.4) is 0 Å². The van der Waals surface area contributed by atoms with E-state index in [4.69, 9.17) is 14.2 Å². The van der Waals surface area contributed by atoms with Crippen LogP contribution < -0.4 is 0 Å². The third kappa shape index (κ3) is 3.03. The van der Waals surface area contributed by atoms with Gasteiger partial charge in [0.1, 0.15) is 6.10 Å². The van der Waals surface area contributed by atoms with Crippen molar-refractivity contribution in [2.24, 2.45) is 23.7 Å². The Morgan fingerprint density at radius 1 is 1.29 bits per heavy atom. The maximum atomic E-state index is 11.8. The van der Waals surface area contributed by atoms with E-state index in [-0.39, 0.29) is 29.7 Å². The van der Waals surface area contributed by atoms with Gasteiger partial charge in [0.15, 0.2) is 12.1 Å². The van der Waals surface area contributed by atoms with E-state index in [0.717, 1.165) is 19.3 Å². The summed E-state index contributed by atoms with van der Waals surface area (Å²) in [7, 11) is 3.41. The van der Waals surface area contributed by atoms with E-state index in [0.29, 0.717) is 17.8 Å². The SMILES string of the molecule is COC(OC)[C@@H]1[C@@H](C(C)C)CC[C@]2(C)O[C@H](C(C)=O)C[C@H]12. The van der Waals surface area contributed by atoms with Gasteiger partial charge in [-0.1, -0.05) is 13.8 Å². The maximum Gasteiger partial charge on any atom is 0.160 e. The molecule has 0 radical (unpaired) electrons. The van der Waals surface area contributed by atoms with Gasteiger partial charge in [0.25, 0.3) is 0 Å². The summed E-state index contributed by atoms with van der Waals surface area (Å²) < 4.78 is 17.4. The molecule has 0 N–H and O–H groups in total. The monoisotopic (exact) mass is 298 g/mol. The molecule has 1 aliphatic carbocycles. The number of hydrogen-bond acceptors (Lipinski definition) is 4. The zero-order chi connectivity index (χ0) is 15.8. The molecule has 0 bridgehead atoms. The molecule has 2 fully saturated rings. The normalized spacial score (nSPS) is 39.8. The van der Waals surface area contributed by atoms with E-state index in [1.807, 2.05) is 0 Å². The number of rotatable bonds is 5. The standard InChI is InChI=1S/C17H30O4/c1-10(2)12-7-8-17(4)13(9-14(21-17)11(3)18)15(12)16(19-5)20-6/h10,12-16H,7-9H2,1-6H3/t12-,13-,14+,15-,17+/m1/s1. The van der Waals surface area contributed by atoms with Crippen molar-refractivity contribution >= 4 is 5.78 Å². The van der Waals surface area contributed by atoms with Gasteiger partial charge in [-0.2, -0.15) is 0 Å². The van der Waals surface area contributed by atoms with Crippen LogP contribution in [0.25, 0.3) is 0 Å². The predicted molar refractivity (Wildman–Crippen MR) is 80.9 cm³/mol. The van der Waals surface area contributed by atoms with Crippen LogP contribution in [0.1, 0.15) is 47.0 Å². The smallest absolute Gasteiger partial charge is 0.160 e. The van der Waals surface area contributed by atoms with E-state index in [1.165, 1.54) is 0 Å². The number of Topliss-reactive ketones (excluding diaryl/α,β-unsaturated/α-hetero) is 1. The van der Waals surface area contributed by atoms with Gasteiger partial charge >= 0.3 is 0 Å².